The summed E-state index contributed by atoms with van der Waals surface area (Å²) in [6.45, 7) is 0.339. The molecule has 29 heavy (non-hydrogen) atoms. The van der Waals surface area contributed by atoms with Gasteiger partial charge in [-0.05, 0) is 35.4 Å². The van der Waals surface area contributed by atoms with Crippen molar-refractivity contribution in [2.75, 3.05) is 0 Å². The molecule has 0 aliphatic heterocycles. The number of amides is 1. The molecule has 3 aromatic carbocycles. The van der Waals surface area contributed by atoms with Crippen LogP contribution in [0.2, 0.25) is 0 Å². The highest BCUT2D eigenvalue weighted by Crippen LogP contribution is 2.26. The highest BCUT2D eigenvalue weighted by Gasteiger charge is 2.22. The Labute approximate surface area is 178 Å². The number of nitrogens with one attached hydrogen (secondary N) is 1. The summed E-state index contributed by atoms with van der Waals surface area (Å²) in [5.74, 6) is 1.09. The highest BCUT2D eigenvalue weighted by molar-refractivity contribution is 9.10. The lowest BCUT2D eigenvalue weighted by atomic mass is 9.90. The van der Waals surface area contributed by atoms with Gasteiger partial charge >= 0.3 is 0 Å². The van der Waals surface area contributed by atoms with Gasteiger partial charge in [0.25, 0.3) is 0 Å². The fourth-order valence-corrected chi connectivity index (χ4v) is 3.57. The lowest BCUT2D eigenvalue weighted by Crippen LogP contribution is -2.29. The van der Waals surface area contributed by atoms with Crippen molar-refractivity contribution in [1.82, 2.24) is 5.32 Å². The van der Waals surface area contributed by atoms with Crippen molar-refractivity contribution in [2.24, 2.45) is 0 Å². The summed E-state index contributed by atoms with van der Waals surface area (Å²) < 4.78 is 6.94. The van der Waals surface area contributed by atoms with Crippen molar-refractivity contribution in [3.05, 3.63) is 118 Å². The molecule has 1 amide bonds. The Hall–Kier alpha value is -3.11. The SMILES string of the molecule is O=C(NCc1ccc(-c2ccc(Br)cc2)o1)C(c1ccccc1)c1ccccc1. The maximum atomic E-state index is 13.1. The zero-order valence-electron chi connectivity index (χ0n) is 15.7. The molecule has 3 nitrogen and oxygen atoms in total. The number of furan rings is 1. The molecule has 0 saturated carbocycles. The molecule has 4 aromatic rings. The summed E-state index contributed by atoms with van der Waals surface area (Å²) in [5, 5.41) is 3.03. The number of rotatable bonds is 6. The van der Waals surface area contributed by atoms with Crippen LogP contribution >= 0.6 is 15.9 Å². The molecular weight excluding hydrogens is 426 g/mol. The third kappa shape index (κ3) is 4.66. The summed E-state index contributed by atoms with van der Waals surface area (Å²) >= 11 is 3.44. The van der Waals surface area contributed by atoms with Crippen LogP contribution in [0.1, 0.15) is 22.8 Å². The van der Waals surface area contributed by atoms with E-state index in [9.17, 15) is 4.79 Å². The smallest absolute Gasteiger partial charge is 0.232 e. The van der Waals surface area contributed by atoms with Crippen LogP contribution in [0.3, 0.4) is 0 Å². The maximum absolute atomic E-state index is 13.1. The largest absolute Gasteiger partial charge is 0.459 e. The first-order chi connectivity index (χ1) is 14.2. The summed E-state index contributed by atoms with van der Waals surface area (Å²) in [7, 11) is 0. The zero-order valence-corrected chi connectivity index (χ0v) is 17.3. The molecule has 0 aliphatic rings. The predicted molar refractivity (Wildman–Crippen MR) is 118 cm³/mol. The number of benzene rings is 3. The molecule has 0 aliphatic carbocycles. The Morgan fingerprint density at radius 2 is 1.38 bits per heavy atom. The van der Waals surface area contributed by atoms with E-state index in [1.807, 2.05) is 97.1 Å². The minimum absolute atomic E-state index is 0.0519. The summed E-state index contributed by atoms with van der Waals surface area (Å²) in [6.07, 6.45) is 0. The Bertz CT molecular complexity index is 1030. The van der Waals surface area contributed by atoms with Crippen LogP contribution in [0.4, 0.5) is 0 Å². The van der Waals surface area contributed by atoms with Crippen molar-refractivity contribution in [1.29, 1.82) is 0 Å². The molecule has 0 saturated heterocycles. The van der Waals surface area contributed by atoms with Crippen LogP contribution in [0.5, 0.6) is 0 Å². The molecule has 0 spiro atoms. The monoisotopic (exact) mass is 445 g/mol. The molecular formula is C25H20BrNO2. The van der Waals surface area contributed by atoms with Gasteiger partial charge in [-0.15, -0.1) is 0 Å². The summed E-state index contributed by atoms with van der Waals surface area (Å²) in [5.41, 5.74) is 2.93. The van der Waals surface area contributed by atoms with E-state index < -0.39 is 0 Å². The Morgan fingerprint density at radius 3 is 1.97 bits per heavy atom. The Kier molecular flexibility index (Phi) is 5.92. The molecule has 4 heteroatoms. The molecule has 0 unspecified atom stereocenters. The first-order valence-corrected chi connectivity index (χ1v) is 10.2. The predicted octanol–water partition coefficient (Wildman–Crippen LogP) is 6.16. The van der Waals surface area contributed by atoms with Crippen LogP contribution < -0.4 is 5.32 Å². The fraction of sp³-hybridized carbons (Fsp3) is 0.0800. The average molecular weight is 446 g/mol. The lowest BCUT2D eigenvalue weighted by Gasteiger charge is -2.17. The van der Waals surface area contributed by atoms with Gasteiger partial charge in [0, 0.05) is 10.0 Å². The minimum atomic E-state index is -0.363. The second-order valence-electron chi connectivity index (χ2n) is 6.75. The van der Waals surface area contributed by atoms with E-state index in [1.54, 1.807) is 0 Å². The molecule has 1 N–H and O–H groups in total. The number of carbonyl (C=O) groups is 1. The average Bonchev–Trinajstić information content (AvgIpc) is 3.24. The quantitative estimate of drug-likeness (QED) is 0.386. The van der Waals surface area contributed by atoms with Crippen LogP contribution in [0, 0.1) is 0 Å². The van der Waals surface area contributed by atoms with Gasteiger partial charge in [0.2, 0.25) is 5.91 Å². The van der Waals surface area contributed by atoms with Gasteiger partial charge in [0.05, 0.1) is 12.5 Å². The number of halogens is 1. The van der Waals surface area contributed by atoms with Crippen molar-refractivity contribution < 1.29 is 9.21 Å². The van der Waals surface area contributed by atoms with Crippen LogP contribution in [-0.4, -0.2) is 5.91 Å². The van der Waals surface area contributed by atoms with Crippen LogP contribution in [-0.2, 0) is 11.3 Å². The maximum Gasteiger partial charge on any atom is 0.232 e. The van der Waals surface area contributed by atoms with E-state index in [1.165, 1.54) is 0 Å². The molecule has 144 valence electrons. The fourth-order valence-electron chi connectivity index (χ4n) is 3.30. The van der Waals surface area contributed by atoms with Gasteiger partial charge in [0.1, 0.15) is 11.5 Å². The van der Waals surface area contributed by atoms with Gasteiger partial charge in [-0.1, -0.05) is 88.7 Å². The topological polar surface area (TPSA) is 42.2 Å². The molecule has 1 aromatic heterocycles. The molecule has 0 atom stereocenters. The molecule has 4 rings (SSSR count). The normalized spacial score (nSPS) is 10.8. The standard InChI is InChI=1S/C25H20BrNO2/c26-21-13-11-18(12-14-21)23-16-15-22(29-23)17-27-25(28)24(19-7-3-1-4-8-19)20-9-5-2-6-10-20/h1-16,24H,17H2,(H,27,28). The van der Waals surface area contributed by atoms with Crippen molar-refractivity contribution in [3.63, 3.8) is 0 Å². The number of carbonyl (C=O) groups excluding carboxylic acids is 1. The molecule has 1 heterocycles. The van der Waals surface area contributed by atoms with E-state index in [0.717, 1.165) is 32.7 Å². The van der Waals surface area contributed by atoms with E-state index in [0.29, 0.717) is 6.54 Å². The number of hydrogen-bond donors (Lipinski definition) is 1. The second-order valence-corrected chi connectivity index (χ2v) is 7.66. The molecule has 0 radical (unpaired) electrons. The van der Waals surface area contributed by atoms with Crippen molar-refractivity contribution >= 4 is 21.8 Å². The van der Waals surface area contributed by atoms with E-state index in [2.05, 4.69) is 21.2 Å². The minimum Gasteiger partial charge on any atom is -0.459 e. The van der Waals surface area contributed by atoms with Crippen molar-refractivity contribution in [3.8, 4) is 11.3 Å². The summed E-state index contributed by atoms with van der Waals surface area (Å²) in [4.78, 5) is 13.1. The number of hydrogen-bond acceptors (Lipinski definition) is 2. The third-order valence-electron chi connectivity index (χ3n) is 4.76. The highest BCUT2D eigenvalue weighted by atomic mass is 79.9. The first-order valence-electron chi connectivity index (χ1n) is 9.43. The van der Waals surface area contributed by atoms with E-state index in [-0.39, 0.29) is 11.8 Å². The third-order valence-corrected chi connectivity index (χ3v) is 5.28. The molecule has 0 bridgehead atoms. The van der Waals surface area contributed by atoms with Gasteiger partial charge in [0.15, 0.2) is 0 Å². The van der Waals surface area contributed by atoms with Crippen LogP contribution in [0.25, 0.3) is 11.3 Å². The van der Waals surface area contributed by atoms with Crippen molar-refractivity contribution in [2.45, 2.75) is 12.5 Å². The summed E-state index contributed by atoms with van der Waals surface area (Å²) in [6, 6.07) is 31.4. The Balaban J connectivity index is 1.49. The van der Waals surface area contributed by atoms with E-state index >= 15 is 0 Å². The first kappa shape index (κ1) is 19.2. The van der Waals surface area contributed by atoms with E-state index in [4.69, 9.17) is 4.42 Å². The molecule has 0 fully saturated rings. The lowest BCUT2D eigenvalue weighted by molar-refractivity contribution is -0.121. The van der Waals surface area contributed by atoms with Gasteiger partial charge in [-0.2, -0.15) is 0 Å². The van der Waals surface area contributed by atoms with Crippen LogP contribution in [0.15, 0.2) is 106 Å². The van der Waals surface area contributed by atoms with Gasteiger partial charge in [-0.3, -0.25) is 4.79 Å². The zero-order chi connectivity index (χ0) is 20.1. The van der Waals surface area contributed by atoms with Gasteiger partial charge in [-0.25, -0.2) is 0 Å². The second kappa shape index (κ2) is 8.93. The Morgan fingerprint density at radius 1 is 0.793 bits per heavy atom. The van der Waals surface area contributed by atoms with Gasteiger partial charge < -0.3 is 9.73 Å².